The van der Waals surface area contributed by atoms with Crippen molar-refractivity contribution in [1.29, 1.82) is 0 Å². The molecular weight excluding hydrogens is 194 g/mol. The van der Waals surface area contributed by atoms with E-state index in [1.165, 1.54) is 0 Å². The second-order valence-corrected chi connectivity index (χ2v) is 4.71. The van der Waals surface area contributed by atoms with Crippen molar-refractivity contribution in [3.05, 3.63) is 16.1 Å². The van der Waals surface area contributed by atoms with Gasteiger partial charge >= 0.3 is 0 Å². The van der Waals surface area contributed by atoms with Crippen LogP contribution in [0.3, 0.4) is 0 Å². The van der Waals surface area contributed by atoms with Crippen LogP contribution in [0.5, 0.6) is 0 Å². The molecule has 0 aliphatic carbocycles. The van der Waals surface area contributed by atoms with E-state index in [0.717, 1.165) is 30.3 Å². The van der Waals surface area contributed by atoms with E-state index >= 15 is 0 Å². The third-order valence-electron chi connectivity index (χ3n) is 2.02. The number of hydrogen-bond donors (Lipinski definition) is 2. The predicted molar refractivity (Wildman–Crippen MR) is 61.6 cm³/mol. The SMILES string of the molecule is CNCC(C)CNCc1csc(C)n1. The van der Waals surface area contributed by atoms with Gasteiger partial charge in [-0.05, 0) is 33.0 Å². The molecule has 0 fully saturated rings. The highest BCUT2D eigenvalue weighted by Crippen LogP contribution is 2.07. The van der Waals surface area contributed by atoms with Gasteiger partial charge < -0.3 is 10.6 Å². The summed E-state index contributed by atoms with van der Waals surface area (Å²) in [5.74, 6) is 0.666. The van der Waals surface area contributed by atoms with Crippen molar-refractivity contribution in [2.45, 2.75) is 20.4 Å². The number of nitrogens with one attached hydrogen (secondary N) is 2. The number of thiazole rings is 1. The lowest BCUT2D eigenvalue weighted by molar-refractivity contribution is 0.489. The summed E-state index contributed by atoms with van der Waals surface area (Å²) in [6.07, 6.45) is 0. The molecule has 4 heteroatoms. The molecule has 3 nitrogen and oxygen atoms in total. The lowest BCUT2D eigenvalue weighted by Gasteiger charge is -2.10. The topological polar surface area (TPSA) is 37.0 Å². The van der Waals surface area contributed by atoms with Crippen LogP contribution < -0.4 is 10.6 Å². The van der Waals surface area contributed by atoms with Crippen molar-refractivity contribution in [3.8, 4) is 0 Å². The summed E-state index contributed by atoms with van der Waals surface area (Å²) in [6.45, 7) is 7.26. The molecule has 0 aromatic carbocycles. The monoisotopic (exact) mass is 213 g/mol. The second-order valence-electron chi connectivity index (χ2n) is 3.65. The van der Waals surface area contributed by atoms with Gasteiger partial charge in [-0.15, -0.1) is 11.3 Å². The highest BCUT2D eigenvalue weighted by atomic mass is 32.1. The zero-order valence-corrected chi connectivity index (χ0v) is 9.95. The average molecular weight is 213 g/mol. The zero-order valence-electron chi connectivity index (χ0n) is 9.13. The van der Waals surface area contributed by atoms with Crippen molar-refractivity contribution >= 4 is 11.3 Å². The molecule has 1 aromatic heterocycles. The minimum Gasteiger partial charge on any atom is -0.319 e. The Morgan fingerprint density at radius 2 is 2.29 bits per heavy atom. The van der Waals surface area contributed by atoms with Crippen LogP contribution >= 0.6 is 11.3 Å². The molecule has 1 unspecified atom stereocenters. The van der Waals surface area contributed by atoms with Crippen LogP contribution in [0.2, 0.25) is 0 Å². The molecule has 0 spiro atoms. The van der Waals surface area contributed by atoms with Gasteiger partial charge in [0, 0.05) is 11.9 Å². The van der Waals surface area contributed by atoms with E-state index in [-0.39, 0.29) is 0 Å². The van der Waals surface area contributed by atoms with Crippen LogP contribution in [-0.4, -0.2) is 25.1 Å². The van der Waals surface area contributed by atoms with E-state index in [4.69, 9.17) is 0 Å². The zero-order chi connectivity index (χ0) is 10.4. The van der Waals surface area contributed by atoms with Gasteiger partial charge in [-0.2, -0.15) is 0 Å². The minimum atomic E-state index is 0.666. The summed E-state index contributed by atoms with van der Waals surface area (Å²) in [7, 11) is 1.99. The lowest BCUT2D eigenvalue weighted by atomic mass is 10.2. The summed E-state index contributed by atoms with van der Waals surface area (Å²) < 4.78 is 0. The Morgan fingerprint density at radius 3 is 2.86 bits per heavy atom. The highest BCUT2D eigenvalue weighted by molar-refractivity contribution is 7.09. The Labute approximate surface area is 89.9 Å². The van der Waals surface area contributed by atoms with Gasteiger partial charge in [-0.3, -0.25) is 0 Å². The van der Waals surface area contributed by atoms with Gasteiger partial charge in [-0.1, -0.05) is 6.92 Å². The quantitative estimate of drug-likeness (QED) is 0.750. The molecule has 1 atom stereocenters. The van der Waals surface area contributed by atoms with Gasteiger partial charge in [-0.25, -0.2) is 4.98 Å². The molecule has 1 heterocycles. The Balaban J connectivity index is 2.15. The molecule has 0 aliphatic heterocycles. The number of nitrogens with zero attached hydrogens (tertiary/aromatic N) is 1. The standard InChI is InChI=1S/C10H19N3S/c1-8(4-11-3)5-12-6-10-7-14-9(2)13-10/h7-8,11-12H,4-6H2,1-3H3. The third kappa shape index (κ3) is 4.17. The van der Waals surface area contributed by atoms with Crippen LogP contribution in [0.15, 0.2) is 5.38 Å². The maximum absolute atomic E-state index is 4.39. The van der Waals surface area contributed by atoms with Crippen molar-refractivity contribution in [1.82, 2.24) is 15.6 Å². The van der Waals surface area contributed by atoms with Crippen LogP contribution in [0.1, 0.15) is 17.6 Å². The molecule has 0 bridgehead atoms. The summed E-state index contributed by atoms with van der Waals surface area (Å²) in [5, 5.41) is 9.83. The summed E-state index contributed by atoms with van der Waals surface area (Å²) in [5.41, 5.74) is 1.16. The Kier molecular flexibility index (Phi) is 5.07. The van der Waals surface area contributed by atoms with Crippen molar-refractivity contribution < 1.29 is 0 Å². The third-order valence-corrected chi connectivity index (χ3v) is 2.84. The normalized spacial score (nSPS) is 13.1. The molecule has 80 valence electrons. The Bertz CT molecular complexity index is 260. The molecule has 0 saturated carbocycles. The molecule has 2 N–H and O–H groups in total. The maximum atomic E-state index is 4.39. The van der Waals surface area contributed by atoms with E-state index in [9.17, 15) is 0 Å². The predicted octanol–water partition coefficient (Wildman–Crippen LogP) is 1.40. The van der Waals surface area contributed by atoms with Gasteiger partial charge in [0.1, 0.15) is 0 Å². The summed E-state index contributed by atoms with van der Waals surface area (Å²) in [4.78, 5) is 4.39. The van der Waals surface area contributed by atoms with Gasteiger partial charge in [0.05, 0.1) is 10.7 Å². The fraction of sp³-hybridized carbons (Fsp3) is 0.700. The summed E-state index contributed by atoms with van der Waals surface area (Å²) >= 11 is 1.71. The van der Waals surface area contributed by atoms with E-state index in [0.29, 0.717) is 5.92 Å². The van der Waals surface area contributed by atoms with Crippen molar-refractivity contribution in [2.24, 2.45) is 5.92 Å². The van der Waals surface area contributed by atoms with Crippen molar-refractivity contribution in [2.75, 3.05) is 20.1 Å². The summed E-state index contributed by atoms with van der Waals surface area (Å²) in [6, 6.07) is 0. The molecule has 0 saturated heterocycles. The second kappa shape index (κ2) is 6.11. The Hall–Kier alpha value is -0.450. The first-order valence-corrected chi connectivity index (χ1v) is 5.86. The average Bonchev–Trinajstić information content (AvgIpc) is 2.52. The van der Waals surface area contributed by atoms with E-state index in [1.807, 2.05) is 14.0 Å². The maximum Gasteiger partial charge on any atom is 0.0897 e. The molecule has 0 amide bonds. The van der Waals surface area contributed by atoms with Crippen molar-refractivity contribution in [3.63, 3.8) is 0 Å². The van der Waals surface area contributed by atoms with Gasteiger partial charge in [0.25, 0.3) is 0 Å². The van der Waals surface area contributed by atoms with E-state index in [2.05, 4.69) is 27.9 Å². The molecule has 14 heavy (non-hydrogen) atoms. The first kappa shape index (κ1) is 11.6. The first-order valence-electron chi connectivity index (χ1n) is 4.98. The van der Waals surface area contributed by atoms with E-state index in [1.54, 1.807) is 11.3 Å². The van der Waals surface area contributed by atoms with Crippen LogP contribution in [0.4, 0.5) is 0 Å². The molecule has 0 radical (unpaired) electrons. The number of hydrogen-bond acceptors (Lipinski definition) is 4. The number of aryl methyl sites for hydroxylation is 1. The first-order chi connectivity index (χ1) is 6.72. The molecule has 0 aliphatic rings. The number of rotatable bonds is 6. The lowest BCUT2D eigenvalue weighted by Crippen LogP contribution is -2.27. The van der Waals surface area contributed by atoms with Crippen LogP contribution in [0.25, 0.3) is 0 Å². The smallest absolute Gasteiger partial charge is 0.0897 e. The molecular formula is C10H19N3S. The number of aromatic nitrogens is 1. The van der Waals surface area contributed by atoms with Gasteiger partial charge in [0.15, 0.2) is 0 Å². The molecule has 1 aromatic rings. The fourth-order valence-electron chi connectivity index (χ4n) is 1.36. The van der Waals surface area contributed by atoms with Gasteiger partial charge in [0.2, 0.25) is 0 Å². The van der Waals surface area contributed by atoms with Crippen LogP contribution in [-0.2, 0) is 6.54 Å². The van der Waals surface area contributed by atoms with E-state index < -0.39 is 0 Å². The largest absolute Gasteiger partial charge is 0.319 e. The minimum absolute atomic E-state index is 0.666. The molecule has 1 rings (SSSR count). The fourth-order valence-corrected chi connectivity index (χ4v) is 1.97. The highest BCUT2D eigenvalue weighted by Gasteiger charge is 2.01. The Morgan fingerprint density at radius 1 is 1.50 bits per heavy atom. The van der Waals surface area contributed by atoms with Crippen LogP contribution in [0, 0.1) is 12.8 Å².